The molecule has 0 aromatic carbocycles. The topological polar surface area (TPSA) is 61.8 Å². The first kappa shape index (κ1) is 10.4. The van der Waals surface area contributed by atoms with E-state index in [4.69, 9.17) is 0 Å². The van der Waals surface area contributed by atoms with E-state index in [0.717, 1.165) is 0 Å². The van der Waals surface area contributed by atoms with E-state index < -0.39 is 0 Å². The number of carbonyl (C=O) groups excluding carboxylic acids is 2. The normalized spacial score (nSPS) is 16.2. The van der Waals surface area contributed by atoms with Crippen LogP contribution in [0.2, 0.25) is 0 Å². The standard InChI is InChI=1S/C9H13N3O2/c1-3-6-10-9(14)7-4-5-8(13)12(2)11-7/h3H,1,4-6H2,2H3,(H,10,14). The van der Waals surface area contributed by atoms with Gasteiger partial charge in [0.25, 0.3) is 5.91 Å². The van der Waals surface area contributed by atoms with Crippen LogP contribution in [0.25, 0.3) is 0 Å². The van der Waals surface area contributed by atoms with Gasteiger partial charge in [0, 0.05) is 26.4 Å². The van der Waals surface area contributed by atoms with Crippen molar-refractivity contribution >= 4 is 17.5 Å². The summed E-state index contributed by atoms with van der Waals surface area (Å²) in [6.45, 7) is 3.90. The minimum absolute atomic E-state index is 0.0646. The highest BCUT2D eigenvalue weighted by Gasteiger charge is 2.21. The van der Waals surface area contributed by atoms with Gasteiger partial charge in [0.05, 0.1) is 0 Å². The van der Waals surface area contributed by atoms with Crippen molar-refractivity contribution < 1.29 is 9.59 Å². The molecule has 0 spiro atoms. The Hall–Kier alpha value is -1.65. The van der Waals surface area contributed by atoms with Crippen LogP contribution in [-0.2, 0) is 9.59 Å². The molecule has 0 radical (unpaired) electrons. The molecule has 1 heterocycles. The van der Waals surface area contributed by atoms with Crippen LogP contribution in [-0.4, -0.2) is 36.1 Å². The van der Waals surface area contributed by atoms with Crippen LogP contribution in [0.3, 0.4) is 0 Å². The average molecular weight is 195 g/mol. The van der Waals surface area contributed by atoms with E-state index in [-0.39, 0.29) is 11.8 Å². The van der Waals surface area contributed by atoms with E-state index in [9.17, 15) is 9.59 Å². The van der Waals surface area contributed by atoms with E-state index in [1.165, 1.54) is 5.01 Å². The summed E-state index contributed by atoms with van der Waals surface area (Å²) in [5, 5.41) is 7.68. The molecule has 0 aliphatic carbocycles. The second-order valence-corrected chi connectivity index (χ2v) is 2.96. The van der Waals surface area contributed by atoms with Gasteiger partial charge in [0.15, 0.2) is 0 Å². The van der Waals surface area contributed by atoms with Gasteiger partial charge in [0.2, 0.25) is 5.91 Å². The van der Waals surface area contributed by atoms with Gasteiger partial charge >= 0.3 is 0 Å². The van der Waals surface area contributed by atoms with Crippen molar-refractivity contribution in [3.63, 3.8) is 0 Å². The van der Waals surface area contributed by atoms with Crippen LogP contribution in [0, 0.1) is 0 Å². The van der Waals surface area contributed by atoms with Crippen molar-refractivity contribution in [2.24, 2.45) is 5.10 Å². The molecule has 1 aliphatic rings. The molecule has 0 atom stereocenters. The molecule has 1 N–H and O–H groups in total. The molecule has 0 aromatic rings. The van der Waals surface area contributed by atoms with Gasteiger partial charge in [-0.05, 0) is 0 Å². The lowest BCUT2D eigenvalue weighted by atomic mass is 10.1. The molecule has 0 bridgehead atoms. The minimum atomic E-state index is -0.232. The second-order valence-electron chi connectivity index (χ2n) is 2.96. The third-order valence-electron chi connectivity index (χ3n) is 1.88. The van der Waals surface area contributed by atoms with Crippen LogP contribution in [0.15, 0.2) is 17.8 Å². The molecule has 0 fully saturated rings. The van der Waals surface area contributed by atoms with Crippen molar-refractivity contribution in [3.05, 3.63) is 12.7 Å². The number of carbonyl (C=O) groups is 2. The Labute approximate surface area is 82.5 Å². The maximum absolute atomic E-state index is 11.4. The number of rotatable bonds is 3. The smallest absolute Gasteiger partial charge is 0.267 e. The molecule has 1 rings (SSSR count). The first-order valence-electron chi connectivity index (χ1n) is 4.38. The van der Waals surface area contributed by atoms with Crippen molar-refractivity contribution in [3.8, 4) is 0 Å². The highest BCUT2D eigenvalue weighted by molar-refractivity contribution is 6.39. The van der Waals surface area contributed by atoms with Gasteiger partial charge in [-0.3, -0.25) is 9.59 Å². The number of nitrogens with zero attached hydrogens (tertiary/aromatic N) is 2. The molecule has 0 aromatic heterocycles. The molecular weight excluding hydrogens is 182 g/mol. The van der Waals surface area contributed by atoms with Gasteiger partial charge in [0.1, 0.15) is 5.71 Å². The maximum Gasteiger partial charge on any atom is 0.267 e. The third kappa shape index (κ3) is 2.42. The number of hydrogen-bond donors (Lipinski definition) is 1. The zero-order valence-corrected chi connectivity index (χ0v) is 8.12. The summed E-state index contributed by atoms with van der Waals surface area (Å²) < 4.78 is 0. The molecule has 5 nitrogen and oxygen atoms in total. The van der Waals surface area contributed by atoms with E-state index in [0.29, 0.717) is 25.1 Å². The van der Waals surface area contributed by atoms with E-state index in [1.54, 1.807) is 13.1 Å². The zero-order chi connectivity index (χ0) is 10.6. The molecule has 0 unspecified atom stereocenters. The lowest BCUT2D eigenvalue weighted by Gasteiger charge is -2.18. The summed E-state index contributed by atoms with van der Waals surface area (Å²) in [5.41, 5.74) is 0.397. The van der Waals surface area contributed by atoms with Crippen LogP contribution < -0.4 is 5.32 Å². The van der Waals surface area contributed by atoms with Gasteiger partial charge in [-0.15, -0.1) is 6.58 Å². The van der Waals surface area contributed by atoms with Crippen molar-refractivity contribution in [2.75, 3.05) is 13.6 Å². The predicted octanol–water partition coefficient (Wildman–Crippen LogP) is -0.103. The zero-order valence-electron chi connectivity index (χ0n) is 8.12. The van der Waals surface area contributed by atoms with Crippen LogP contribution in [0.1, 0.15) is 12.8 Å². The Kier molecular flexibility index (Phi) is 3.39. The van der Waals surface area contributed by atoms with Crippen molar-refractivity contribution in [1.82, 2.24) is 10.3 Å². The quantitative estimate of drug-likeness (QED) is 0.639. The Morgan fingerprint density at radius 1 is 1.71 bits per heavy atom. The van der Waals surface area contributed by atoms with E-state index in [2.05, 4.69) is 17.0 Å². The summed E-state index contributed by atoms with van der Waals surface area (Å²) in [6.07, 6.45) is 2.35. The van der Waals surface area contributed by atoms with Gasteiger partial charge in [-0.1, -0.05) is 6.08 Å². The summed E-state index contributed by atoms with van der Waals surface area (Å²) in [6, 6.07) is 0. The molecule has 0 saturated heterocycles. The van der Waals surface area contributed by atoms with Crippen molar-refractivity contribution in [2.45, 2.75) is 12.8 Å². The van der Waals surface area contributed by atoms with Gasteiger partial charge < -0.3 is 5.32 Å². The fraction of sp³-hybridized carbons (Fsp3) is 0.444. The number of hydrazone groups is 1. The van der Waals surface area contributed by atoms with Crippen LogP contribution in [0.4, 0.5) is 0 Å². The maximum atomic E-state index is 11.4. The molecule has 5 heteroatoms. The van der Waals surface area contributed by atoms with Crippen LogP contribution in [0.5, 0.6) is 0 Å². The molecule has 76 valence electrons. The largest absolute Gasteiger partial charge is 0.347 e. The fourth-order valence-corrected chi connectivity index (χ4v) is 1.10. The Balaban J connectivity index is 2.60. The lowest BCUT2D eigenvalue weighted by Crippen LogP contribution is -2.37. The minimum Gasteiger partial charge on any atom is -0.347 e. The number of amides is 2. The molecule has 14 heavy (non-hydrogen) atoms. The monoisotopic (exact) mass is 195 g/mol. The Morgan fingerprint density at radius 3 is 3.00 bits per heavy atom. The summed E-state index contributed by atoms with van der Waals surface area (Å²) in [4.78, 5) is 22.4. The lowest BCUT2D eigenvalue weighted by molar-refractivity contribution is -0.130. The van der Waals surface area contributed by atoms with Gasteiger partial charge in [-0.25, -0.2) is 5.01 Å². The highest BCUT2D eigenvalue weighted by Crippen LogP contribution is 2.06. The van der Waals surface area contributed by atoms with Gasteiger partial charge in [-0.2, -0.15) is 5.10 Å². The average Bonchev–Trinajstić information content (AvgIpc) is 2.18. The van der Waals surface area contributed by atoms with E-state index >= 15 is 0 Å². The number of hydrogen-bond acceptors (Lipinski definition) is 3. The van der Waals surface area contributed by atoms with Crippen LogP contribution >= 0.6 is 0 Å². The summed E-state index contributed by atoms with van der Waals surface area (Å²) in [7, 11) is 1.54. The van der Waals surface area contributed by atoms with Crippen molar-refractivity contribution in [1.29, 1.82) is 0 Å². The summed E-state index contributed by atoms with van der Waals surface area (Å²) >= 11 is 0. The second kappa shape index (κ2) is 4.55. The third-order valence-corrected chi connectivity index (χ3v) is 1.88. The summed E-state index contributed by atoms with van der Waals surface area (Å²) in [5.74, 6) is -0.297. The molecule has 1 aliphatic heterocycles. The Morgan fingerprint density at radius 2 is 2.43 bits per heavy atom. The first-order valence-corrected chi connectivity index (χ1v) is 4.38. The molecular formula is C9H13N3O2. The molecule has 2 amide bonds. The number of nitrogens with one attached hydrogen (secondary N) is 1. The van der Waals surface area contributed by atoms with E-state index in [1.807, 2.05) is 0 Å². The first-order chi connectivity index (χ1) is 6.65. The SMILES string of the molecule is C=CCNC(=O)C1=NN(C)C(=O)CC1. The Bertz CT molecular complexity index is 296. The highest BCUT2D eigenvalue weighted by atomic mass is 16.2. The molecule has 0 saturated carbocycles. The fourth-order valence-electron chi connectivity index (χ4n) is 1.10. The predicted molar refractivity (Wildman–Crippen MR) is 52.6 cm³/mol.